The van der Waals surface area contributed by atoms with Crippen molar-refractivity contribution in [1.82, 2.24) is 4.98 Å². The van der Waals surface area contributed by atoms with Crippen LogP contribution in [0.4, 0.5) is 8.78 Å². The van der Waals surface area contributed by atoms with Gasteiger partial charge in [0.15, 0.2) is 0 Å². The van der Waals surface area contributed by atoms with Gasteiger partial charge >= 0.3 is 5.97 Å². The molecule has 16 heavy (non-hydrogen) atoms. The van der Waals surface area contributed by atoms with Gasteiger partial charge in [0.25, 0.3) is 6.43 Å². The van der Waals surface area contributed by atoms with Crippen LogP contribution >= 0.6 is 0 Å². The average Bonchev–Trinajstić information content (AvgIpc) is 2.26. The largest absolute Gasteiger partial charge is 0.481 e. The monoisotopic (exact) mass is 232 g/mol. The zero-order valence-corrected chi connectivity index (χ0v) is 8.41. The number of carboxylic acid groups (broad SMARTS) is 1. The number of aromatic nitrogens is 1. The Labute approximate surface area is 89.9 Å². The Balaban J connectivity index is 3.50. The number of alkyl halides is 2. The summed E-state index contributed by atoms with van der Waals surface area (Å²) < 4.78 is 30.2. The number of halogens is 2. The molecule has 0 unspecified atom stereocenters. The number of pyridine rings is 1. The third-order valence-corrected chi connectivity index (χ3v) is 2.03. The van der Waals surface area contributed by atoms with Crippen LogP contribution in [-0.4, -0.2) is 23.2 Å². The van der Waals surface area contributed by atoms with Crippen molar-refractivity contribution in [2.45, 2.75) is 13.0 Å². The Bertz CT molecular complexity index is 410. The van der Waals surface area contributed by atoms with E-state index >= 15 is 0 Å². The number of hydrogen-bond donors (Lipinski definition) is 2. The third-order valence-electron chi connectivity index (χ3n) is 2.03. The van der Waals surface area contributed by atoms with E-state index in [0.29, 0.717) is 0 Å². The minimum Gasteiger partial charge on any atom is -0.481 e. The smallest absolute Gasteiger partial charge is 0.337 e. The predicted molar refractivity (Wildman–Crippen MR) is 50.6 cm³/mol. The molecule has 0 radical (unpaired) electrons. The van der Waals surface area contributed by atoms with E-state index in [1.54, 1.807) is 0 Å². The van der Waals surface area contributed by atoms with Gasteiger partial charge in [0.1, 0.15) is 0 Å². The molecule has 88 valence electrons. The summed E-state index contributed by atoms with van der Waals surface area (Å²) in [7, 11) is 1.25. The molecule has 1 aromatic heterocycles. The molecule has 7 heteroatoms. The van der Waals surface area contributed by atoms with Crippen molar-refractivity contribution < 1.29 is 23.4 Å². The summed E-state index contributed by atoms with van der Waals surface area (Å²) in [5.41, 5.74) is 4.01. The Hall–Kier alpha value is -1.76. The first-order chi connectivity index (χ1) is 7.52. The molecule has 1 rings (SSSR count). The van der Waals surface area contributed by atoms with E-state index < -0.39 is 23.5 Å². The lowest BCUT2D eigenvalue weighted by molar-refractivity contribution is 0.0683. The Morgan fingerprint density at radius 1 is 1.69 bits per heavy atom. The van der Waals surface area contributed by atoms with Crippen molar-refractivity contribution >= 4 is 5.97 Å². The first kappa shape index (κ1) is 12.3. The second kappa shape index (κ2) is 4.84. The third kappa shape index (κ3) is 2.08. The summed E-state index contributed by atoms with van der Waals surface area (Å²) in [5, 5.41) is 8.74. The summed E-state index contributed by atoms with van der Waals surface area (Å²) in [6.07, 6.45) is -2.11. The van der Waals surface area contributed by atoms with Crippen molar-refractivity contribution in [3.63, 3.8) is 0 Å². The Morgan fingerprint density at radius 2 is 2.31 bits per heavy atom. The number of nitrogens with zero attached hydrogens (tertiary/aromatic N) is 1. The lowest BCUT2D eigenvalue weighted by atomic mass is 10.0. The minimum atomic E-state index is -2.94. The second-order valence-electron chi connectivity index (χ2n) is 2.88. The highest BCUT2D eigenvalue weighted by molar-refractivity contribution is 5.89. The van der Waals surface area contributed by atoms with Crippen LogP contribution in [-0.2, 0) is 6.54 Å². The quantitative estimate of drug-likeness (QED) is 0.814. The molecule has 1 aromatic rings. The Morgan fingerprint density at radius 3 is 2.69 bits per heavy atom. The molecule has 3 N–H and O–H groups in total. The maximum atomic E-state index is 12.7. The van der Waals surface area contributed by atoms with E-state index in [2.05, 4.69) is 4.98 Å². The number of carboxylic acids is 1. The highest BCUT2D eigenvalue weighted by Gasteiger charge is 2.25. The van der Waals surface area contributed by atoms with E-state index in [9.17, 15) is 13.6 Å². The fourth-order valence-corrected chi connectivity index (χ4v) is 1.34. The molecule has 0 aliphatic rings. The predicted octanol–water partition coefficient (Wildman–Crippen LogP) is 1.18. The van der Waals surface area contributed by atoms with Crippen LogP contribution < -0.4 is 10.5 Å². The van der Waals surface area contributed by atoms with Crippen molar-refractivity contribution in [2.75, 3.05) is 7.11 Å². The average molecular weight is 232 g/mol. The van der Waals surface area contributed by atoms with Crippen LogP contribution in [0.1, 0.15) is 27.9 Å². The van der Waals surface area contributed by atoms with Gasteiger partial charge in [-0.2, -0.15) is 0 Å². The lowest BCUT2D eigenvalue weighted by Gasteiger charge is -2.13. The molecule has 0 aliphatic heterocycles. The maximum absolute atomic E-state index is 12.7. The topological polar surface area (TPSA) is 85.4 Å². The van der Waals surface area contributed by atoms with Crippen LogP contribution in [0.2, 0.25) is 0 Å². The molecule has 5 nitrogen and oxygen atoms in total. The van der Waals surface area contributed by atoms with Crippen molar-refractivity contribution in [1.29, 1.82) is 0 Å². The van der Waals surface area contributed by atoms with Gasteiger partial charge in [0.05, 0.1) is 12.7 Å². The number of hydrogen-bond acceptors (Lipinski definition) is 4. The molecule has 0 atom stereocenters. The molecule has 0 amide bonds. The SMILES string of the molecule is COc1ncc(C(=O)O)c(C(F)F)c1CN. The number of methoxy groups -OCH3 is 1. The maximum Gasteiger partial charge on any atom is 0.337 e. The fraction of sp³-hybridized carbons (Fsp3) is 0.333. The number of carbonyl (C=O) groups is 1. The molecule has 0 fully saturated rings. The second-order valence-corrected chi connectivity index (χ2v) is 2.88. The zero-order chi connectivity index (χ0) is 12.3. The van der Waals surface area contributed by atoms with E-state index in [1.807, 2.05) is 0 Å². The van der Waals surface area contributed by atoms with Crippen LogP contribution in [0, 0.1) is 0 Å². The molecule has 1 heterocycles. The summed E-state index contributed by atoms with van der Waals surface area (Å²) in [5.74, 6) is -1.55. The number of aromatic carboxylic acids is 1. The van der Waals surface area contributed by atoms with Crippen LogP contribution in [0.15, 0.2) is 6.20 Å². The van der Waals surface area contributed by atoms with Crippen LogP contribution in [0.3, 0.4) is 0 Å². The van der Waals surface area contributed by atoms with Gasteiger partial charge in [-0.15, -0.1) is 0 Å². The molecular weight excluding hydrogens is 222 g/mol. The van der Waals surface area contributed by atoms with E-state index in [-0.39, 0.29) is 18.0 Å². The normalized spacial score (nSPS) is 10.6. The molecule has 0 saturated heterocycles. The fourth-order valence-electron chi connectivity index (χ4n) is 1.34. The lowest BCUT2D eigenvalue weighted by Crippen LogP contribution is -2.12. The van der Waals surface area contributed by atoms with E-state index in [4.69, 9.17) is 15.6 Å². The summed E-state index contributed by atoms with van der Waals surface area (Å²) in [6.45, 7) is -0.267. The molecule has 0 spiro atoms. The van der Waals surface area contributed by atoms with Crippen LogP contribution in [0.25, 0.3) is 0 Å². The van der Waals surface area contributed by atoms with Crippen molar-refractivity contribution in [3.05, 3.63) is 22.9 Å². The summed E-state index contributed by atoms with van der Waals surface area (Å²) >= 11 is 0. The van der Waals surface area contributed by atoms with Gasteiger partial charge in [-0.05, 0) is 0 Å². The van der Waals surface area contributed by atoms with Gasteiger partial charge in [-0.3, -0.25) is 0 Å². The number of rotatable bonds is 4. The van der Waals surface area contributed by atoms with Gasteiger partial charge in [0, 0.05) is 23.9 Å². The van der Waals surface area contributed by atoms with Crippen LogP contribution in [0.5, 0.6) is 5.88 Å². The first-order valence-electron chi connectivity index (χ1n) is 4.30. The zero-order valence-electron chi connectivity index (χ0n) is 8.41. The minimum absolute atomic E-state index is 0.0807. The van der Waals surface area contributed by atoms with E-state index in [0.717, 1.165) is 6.20 Å². The van der Waals surface area contributed by atoms with Crippen molar-refractivity contribution in [3.8, 4) is 5.88 Å². The van der Waals surface area contributed by atoms with E-state index in [1.165, 1.54) is 7.11 Å². The molecule has 0 aromatic carbocycles. The van der Waals surface area contributed by atoms with Gasteiger partial charge < -0.3 is 15.6 Å². The first-order valence-corrected chi connectivity index (χ1v) is 4.30. The highest BCUT2D eigenvalue weighted by atomic mass is 19.3. The molecule has 0 aliphatic carbocycles. The van der Waals surface area contributed by atoms with Crippen molar-refractivity contribution in [2.24, 2.45) is 5.73 Å². The summed E-state index contributed by atoms with van der Waals surface area (Å²) in [4.78, 5) is 14.4. The number of nitrogens with two attached hydrogens (primary N) is 1. The standard InChI is InChI=1S/C9H10F2N2O3/c1-16-8-4(2-12)6(7(10)11)5(3-13-8)9(14)15/h3,7H,2,12H2,1H3,(H,14,15). The summed E-state index contributed by atoms with van der Waals surface area (Å²) in [6, 6.07) is 0. The van der Waals surface area contributed by atoms with Gasteiger partial charge in [-0.1, -0.05) is 0 Å². The van der Waals surface area contributed by atoms with Gasteiger partial charge in [-0.25, -0.2) is 18.6 Å². The highest BCUT2D eigenvalue weighted by Crippen LogP contribution is 2.31. The van der Waals surface area contributed by atoms with Gasteiger partial charge in [0.2, 0.25) is 5.88 Å². The Kier molecular flexibility index (Phi) is 3.73. The molecule has 0 saturated carbocycles. The number of ether oxygens (including phenoxy) is 1. The molecule has 0 bridgehead atoms. The molecular formula is C9H10F2N2O3.